The van der Waals surface area contributed by atoms with E-state index in [-0.39, 0.29) is 36.6 Å². The van der Waals surface area contributed by atoms with Crippen LogP contribution in [0.5, 0.6) is 0 Å². The quantitative estimate of drug-likeness (QED) is 0.518. The zero-order chi connectivity index (χ0) is 14.6. The van der Waals surface area contributed by atoms with Gasteiger partial charge < -0.3 is 19.1 Å². The van der Waals surface area contributed by atoms with E-state index in [4.69, 9.17) is 0 Å². The molecule has 2 atom stereocenters. The van der Waals surface area contributed by atoms with Gasteiger partial charge in [-0.2, -0.15) is 0 Å². The summed E-state index contributed by atoms with van der Waals surface area (Å²) in [6, 6.07) is 0. The second-order valence-electron chi connectivity index (χ2n) is 3.65. The molecular weight excluding hydrogens is 240 g/mol. The standard InChI is InChI=1S/2C6H10O3/c2*1-5(3-4-7)6(8)9-2/h2*4-5H,3H2,1-2H3. The van der Waals surface area contributed by atoms with E-state index in [0.717, 1.165) is 0 Å². The highest BCUT2D eigenvalue weighted by Crippen LogP contribution is 2.00. The summed E-state index contributed by atoms with van der Waals surface area (Å²) in [7, 11) is 2.62. The van der Waals surface area contributed by atoms with Gasteiger partial charge >= 0.3 is 11.9 Å². The van der Waals surface area contributed by atoms with Gasteiger partial charge in [-0.1, -0.05) is 13.8 Å². The smallest absolute Gasteiger partial charge is 0.308 e. The van der Waals surface area contributed by atoms with Gasteiger partial charge in [-0.25, -0.2) is 0 Å². The molecule has 0 N–H and O–H groups in total. The number of carbonyl (C=O) groups excluding carboxylic acids is 4. The Labute approximate surface area is 107 Å². The van der Waals surface area contributed by atoms with E-state index in [1.54, 1.807) is 13.8 Å². The minimum Gasteiger partial charge on any atom is -0.469 e. The molecule has 0 aromatic heterocycles. The van der Waals surface area contributed by atoms with Gasteiger partial charge in [0.15, 0.2) is 0 Å². The Balaban J connectivity index is 0. The van der Waals surface area contributed by atoms with Crippen LogP contribution in [0, 0.1) is 11.8 Å². The number of esters is 2. The molecule has 0 saturated heterocycles. The Morgan fingerprint density at radius 2 is 1.17 bits per heavy atom. The van der Waals surface area contributed by atoms with Crippen LogP contribution in [0.3, 0.4) is 0 Å². The number of rotatable bonds is 6. The third kappa shape index (κ3) is 9.50. The predicted molar refractivity (Wildman–Crippen MR) is 63.7 cm³/mol. The van der Waals surface area contributed by atoms with E-state index in [0.29, 0.717) is 12.6 Å². The fourth-order valence-electron chi connectivity index (χ4n) is 0.883. The van der Waals surface area contributed by atoms with Gasteiger partial charge in [0.05, 0.1) is 26.1 Å². The Bertz CT molecular complexity index is 246. The maximum Gasteiger partial charge on any atom is 0.308 e. The van der Waals surface area contributed by atoms with Crippen molar-refractivity contribution in [3.05, 3.63) is 0 Å². The third-order valence-corrected chi connectivity index (χ3v) is 2.11. The van der Waals surface area contributed by atoms with Crippen molar-refractivity contribution in [2.75, 3.05) is 14.2 Å². The first-order valence-corrected chi connectivity index (χ1v) is 5.47. The van der Waals surface area contributed by atoms with Crippen molar-refractivity contribution in [3.63, 3.8) is 0 Å². The molecule has 0 aliphatic heterocycles. The highest BCUT2D eigenvalue weighted by atomic mass is 16.5. The van der Waals surface area contributed by atoms with Gasteiger partial charge in [0.1, 0.15) is 12.6 Å². The summed E-state index contributed by atoms with van der Waals surface area (Å²) in [4.78, 5) is 40.7. The molecule has 0 aromatic rings. The average molecular weight is 260 g/mol. The Morgan fingerprint density at radius 1 is 0.889 bits per heavy atom. The summed E-state index contributed by atoms with van der Waals surface area (Å²) < 4.78 is 8.73. The van der Waals surface area contributed by atoms with Gasteiger partial charge in [-0.05, 0) is 0 Å². The monoisotopic (exact) mass is 260 g/mol. The lowest BCUT2D eigenvalue weighted by atomic mass is 10.1. The molecule has 0 aromatic carbocycles. The van der Waals surface area contributed by atoms with E-state index in [1.807, 2.05) is 0 Å². The van der Waals surface area contributed by atoms with Crippen LogP contribution >= 0.6 is 0 Å². The highest BCUT2D eigenvalue weighted by molar-refractivity contribution is 5.75. The van der Waals surface area contributed by atoms with E-state index < -0.39 is 0 Å². The second-order valence-corrected chi connectivity index (χ2v) is 3.65. The average Bonchev–Trinajstić information content (AvgIpc) is 2.38. The molecule has 0 spiro atoms. The molecule has 0 radical (unpaired) electrons. The van der Waals surface area contributed by atoms with Crippen LogP contribution in [0.15, 0.2) is 0 Å². The summed E-state index contributed by atoms with van der Waals surface area (Å²) in [5.41, 5.74) is 0. The molecule has 104 valence electrons. The lowest BCUT2D eigenvalue weighted by Crippen LogP contribution is -2.12. The van der Waals surface area contributed by atoms with E-state index >= 15 is 0 Å². The predicted octanol–water partition coefficient (Wildman–Crippen LogP) is 0.769. The fourth-order valence-corrected chi connectivity index (χ4v) is 0.883. The largest absolute Gasteiger partial charge is 0.469 e. The minimum absolute atomic E-state index is 0.243. The molecule has 6 nitrogen and oxygen atoms in total. The number of carbonyl (C=O) groups is 4. The van der Waals surface area contributed by atoms with Crippen molar-refractivity contribution in [2.24, 2.45) is 11.8 Å². The van der Waals surface area contributed by atoms with Crippen LogP contribution in [-0.2, 0) is 28.7 Å². The van der Waals surface area contributed by atoms with Crippen LogP contribution in [0.1, 0.15) is 26.7 Å². The molecule has 2 unspecified atom stereocenters. The van der Waals surface area contributed by atoms with Crippen LogP contribution in [0.25, 0.3) is 0 Å². The van der Waals surface area contributed by atoms with Crippen molar-refractivity contribution >= 4 is 24.5 Å². The lowest BCUT2D eigenvalue weighted by Gasteiger charge is -2.02. The molecular formula is C12H20O6. The van der Waals surface area contributed by atoms with E-state index in [1.165, 1.54) is 14.2 Å². The summed E-state index contributed by atoms with van der Waals surface area (Å²) in [6.45, 7) is 3.31. The van der Waals surface area contributed by atoms with Gasteiger partial charge in [0, 0.05) is 12.8 Å². The number of hydrogen-bond donors (Lipinski definition) is 0. The van der Waals surface area contributed by atoms with Crippen molar-refractivity contribution < 1.29 is 28.7 Å². The fraction of sp³-hybridized carbons (Fsp3) is 0.667. The Kier molecular flexibility index (Phi) is 12.2. The van der Waals surface area contributed by atoms with Gasteiger partial charge in [0.2, 0.25) is 0 Å². The first kappa shape index (κ1) is 18.6. The Morgan fingerprint density at radius 3 is 1.33 bits per heavy atom. The third-order valence-electron chi connectivity index (χ3n) is 2.11. The summed E-state index contributed by atoms with van der Waals surface area (Å²) >= 11 is 0. The maximum absolute atomic E-state index is 10.5. The number of ether oxygens (including phenoxy) is 2. The molecule has 0 rings (SSSR count). The van der Waals surface area contributed by atoms with Crippen LogP contribution in [0.2, 0.25) is 0 Å². The minimum atomic E-state index is -0.331. The molecule has 0 aliphatic carbocycles. The number of aldehydes is 2. The highest BCUT2D eigenvalue weighted by Gasteiger charge is 2.11. The lowest BCUT2D eigenvalue weighted by molar-refractivity contribution is -0.146. The van der Waals surface area contributed by atoms with Crippen molar-refractivity contribution in [2.45, 2.75) is 26.7 Å². The summed E-state index contributed by atoms with van der Waals surface area (Å²) in [5.74, 6) is -1.26. The molecule has 0 bridgehead atoms. The topological polar surface area (TPSA) is 86.7 Å². The van der Waals surface area contributed by atoms with E-state index in [9.17, 15) is 19.2 Å². The second kappa shape index (κ2) is 11.8. The van der Waals surface area contributed by atoms with Crippen LogP contribution in [-0.4, -0.2) is 38.7 Å². The van der Waals surface area contributed by atoms with Gasteiger partial charge in [-0.3, -0.25) is 9.59 Å². The van der Waals surface area contributed by atoms with Crippen molar-refractivity contribution in [1.82, 2.24) is 0 Å². The van der Waals surface area contributed by atoms with Crippen LogP contribution < -0.4 is 0 Å². The van der Waals surface area contributed by atoms with E-state index in [2.05, 4.69) is 9.47 Å². The number of methoxy groups -OCH3 is 2. The first-order valence-electron chi connectivity index (χ1n) is 5.47. The van der Waals surface area contributed by atoms with Crippen molar-refractivity contribution in [1.29, 1.82) is 0 Å². The SMILES string of the molecule is COC(=O)C(C)CC=O.COC(=O)C(C)CC=O. The van der Waals surface area contributed by atoms with Crippen molar-refractivity contribution in [3.8, 4) is 0 Å². The molecule has 0 heterocycles. The summed E-state index contributed by atoms with van der Waals surface area (Å²) in [6.07, 6.45) is 1.91. The first-order chi connectivity index (χ1) is 8.44. The zero-order valence-electron chi connectivity index (χ0n) is 11.2. The van der Waals surface area contributed by atoms with Crippen LogP contribution in [0.4, 0.5) is 0 Å². The van der Waals surface area contributed by atoms with Gasteiger partial charge in [0.25, 0.3) is 0 Å². The Hall–Kier alpha value is -1.72. The molecule has 6 heteroatoms. The van der Waals surface area contributed by atoms with Gasteiger partial charge in [-0.15, -0.1) is 0 Å². The normalized spacial score (nSPS) is 12.2. The number of hydrogen-bond acceptors (Lipinski definition) is 6. The maximum atomic E-state index is 10.5. The molecule has 0 saturated carbocycles. The molecule has 0 amide bonds. The molecule has 0 fully saturated rings. The summed E-state index contributed by atoms with van der Waals surface area (Å²) in [5, 5.41) is 0. The molecule has 0 aliphatic rings. The molecule has 18 heavy (non-hydrogen) atoms. The zero-order valence-corrected chi connectivity index (χ0v) is 11.2.